The van der Waals surface area contributed by atoms with E-state index in [1.54, 1.807) is 36.4 Å². The molecular formula is C29H21F3N2O6. The molecule has 2 N–H and O–H groups in total. The number of methoxy groups -OCH3 is 1. The second kappa shape index (κ2) is 11.3. The second-order valence-electron chi connectivity index (χ2n) is 8.66. The highest BCUT2D eigenvalue weighted by Gasteiger charge is 2.30. The summed E-state index contributed by atoms with van der Waals surface area (Å²) in [6.07, 6.45) is -4.52. The van der Waals surface area contributed by atoms with Gasteiger partial charge in [0.25, 0.3) is 11.6 Å². The average molecular weight is 550 g/mol. The Labute approximate surface area is 225 Å². The Morgan fingerprint density at radius 2 is 1.43 bits per heavy atom. The van der Waals surface area contributed by atoms with Crippen LogP contribution in [0.15, 0.2) is 91.0 Å². The molecule has 0 saturated heterocycles. The molecule has 0 bridgehead atoms. The molecule has 204 valence electrons. The Balaban J connectivity index is 1.57. The van der Waals surface area contributed by atoms with Crippen LogP contribution < -0.4 is 5.32 Å². The topological polar surface area (TPSA) is 119 Å². The van der Waals surface area contributed by atoms with Crippen molar-refractivity contribution in [1.29, 1.82) is 0 Å². The number of esters is 1. The smallest absolute Gasteiger partial charge is 0.416 e. The van der Waals surface area contributed by atoms with Crippen LogP contribution in [-0.4, -0.2) is 29.0 Å². The normalized spacial score (nSPS) is 11.9. The molecule has 0 saturated carbocycles. The monoisotopic (exact) mass is 550 g/mol. The molecule has 1 unspecified atom stereocenters. The Hall–Kier alpha value is -5.19. The zero-order chi connectivity index (χ0) is 29.0. The number of nitro benzene ring substituents is 1. The Morgan fingerprint density at radius 1 is 0.875 bits per heavy atom. The van der Waals surface area contributed by atoms with Crippen molar-refractivity contribution in [1.82, 2.24) is 5.32 Å². The molecule has 0 aliphatic rings. The van der Waals surface area contributed by atoms with Crippen molar-refractivity contribution >= 4 is 17.6 Å². The number of rotatable bonds is 7. The Morgan fingerprint density at radius 3 is 1.95 bits per heavy atom. The van der Waals surface area contributed by atoms with E-state index in [2.05, 4.69) is 5.32 Å². The first-order valence-electron chi connectivity index (χ1n) is 11.7. The molecule has 0 heterocycles. The number of carbonyl (C=O) groups is 2. The van der Waals surface area contributed by atoms with E-state index in [0.29, 0.717) is 16.7 Å². The summed E-state index contributed by atoms with van der Waals surface area (Å²) >= 11 is 0. The van der Waals surface area contributed by atoms with Crippen LogP contribution in [0.25, 0.3) is 22.3 Å². The molecule has 4 aromatic carbocycles. The molecule has 4 aromatic rings. The standard InChI is InChI=1S/C29H21F3N2O6/c1-40-28(37)26(20-4-2-17(3-5-20)18-8-13-23(14-9-18)34(38)39)33-27(36)21-10-15-25(35)24(16-21)19-6-11-22(12-7-19)29(30,31)32/h2-16,26,35H,1H3,(H,33,36). The fraction of sp³-hybridized carbons (Fsp3) is 0.103. The lowest BCUT2D eigenvalue weighted by molar-refractivity contribution is -0.384. The average Bonchev–Trinajstić information content (AvgIpc) is 2.95. The highest BCUT2D eigenvalue weighted by atomic mass is 19.4. The number of non-ortho nitro benzene ring substituents is 1. The van der Waals surface area contributed by atoms with Crippen LogP contribution in [0.1, 0.15) is 27.5 Å². The van der Waals surface area contributed by atoms with Gasteiger partial charge in [0.15, 0.2) is 6.04 Å². The van der Waals surface area contributed by atoms with Crippen LogP contribution in [-0.2, 0) is 15.7 Å². The van der Waals surface area contributed by atoms with Crippen molar-refractivity contribution in [2.75, 3.05) is 7.11 Å². The molecule has 1 atom stereocenters. The molecule has 0 radical (unpaired) electrons. The summed E-state index contributed by atoms with van der Waals surface area (Å²) in [4.78, 5) is 36.0. The lowest BCUT2D eigenvalue weighted by atomic mass is 9.99. The molecule has 1 amide bonds. The third-order valence-electron chi connectivity index (χ3n) is 6.15. The van der Waals surface area contributed by atoms with Gasteiger partial charge >= 0.3 is 12.1 Å². The minimum Gasteiger partial charge on any atom is -0.507 e. The van der Waals surface area contributed by atoms with E-state index < -0.39 is 34.6 Å². The van der Waals surface area contributed by atoms with Crippen LogP contribution in [0.2, 0.25) is 0 Å². The first-order chi connectivity index (χ1) is 19.0. The van der Waals surface area contributed by atoms with Crippen LogP contribution in [0.5, 0.6) is 5.75 Å². The fourth-order valence-electron chi connectivity index (χ4n) is 4.00. The van der Waals surface area contributed by atoms with E-state index in [1.165, 1.54) is 42.5 Å². The molecule has 0 aromatic heterocycles. The van der Waals surface area contributed by atoms with Crippen molar-refractivity contribution in [2.45, 2.75) is 12.2 Å². The number of alkyl halides is 3. The van der Waals surface area contributed by atoms with Gasteiger partial charge in [-0.1, -0.05) is 36.4 Å². The maximum atomic E-state index is 13.1. The number of hydrogen-bond donors (Lipinski definition) is 2. The van der Waals surface area contributed by atoms with Crippen LogP contribution in [0, 0.1) is 10.1 Å². The summed E-state index contributed by atoms with van der Waals surface area (Å²) in [6, 6.07) is 19.2. The minimum absolute atomic E-state index is 0.0455. The number of nitrogens with zero attached hydrogens (tertiary/aromatic N) is 1. The van der Waals surface area contributed by atoms with Gasteiger partial charge in [-0.05, 0) is 64.7 Å². The maximum Gasteiger partial charge on any atom is 0.416 e. The lowest BCUT2D eigenvalue weighted by Gasteiger charge is -2.18. The molecule has 0 aliphatic carbocycles. The zero-order valence-corrected chi connectivity index (χ0v) is 20.8. The molecular weight excluding hydrogens is 529 g/mol. The van der Waals surface area contributed by atoms with Gasteiger partial charge < -0.3 is 15.2 Å². The van der Waals surface area contributed by atoms with Gasteiger partial charge in [0.1, 0.15) is 5.75 Å². The van der Waals surface area contributed by atoms with E-state index in [1.807, 2.05) is 0 Å². The summed E-state index contributed by atoms with van der Waals surface area (Å²) in [6.45, 7) is 0. The number of nitrogens with one attached hydrogen (secondary N) is 1. The highest BCUT2D eigenvalue weighted by Crippen LogP contribution is 2.34. The van der Waals surface area contributed by atoms with Gasteiger partial charge in [-0.15, -0.1) is 0 Å². The maximum absolute atomic E-state index is 13.1. The Kier molecular flexibility index (Phi) is 7.85. The van der Waals surface area contributed by atoms with E-state index in [-0.39, 0.29) is 28.1 Å². The largest absolute Gasteiger partial charge is 0.507 e. The predicted octanol–water partition coefficient (Wildman–Crippen LogP) is 6.30. The number of nitro groups is 1. The summed E-state index contributed by atoms with van der Waals surface area (Å²) in [5.41, 5.74) is 1.34. The number of aromatic hydroxyl groups is 1. The molecule has 8 nitrogen and oxygen atoms in total. The van der Waals surface area contributed by atoms with Gasteiger partial charge in [-0.2, -0.15) is 13.2 Å². The van der Waals surface area contributed by atoms with Crippen molar-refractivity contribution in [3.8, 4) is 28.0 Å². The third-order valence-corrected chi connectivity index (χ3v) is 6.15. The number of ether oxygens (including phenoxy) is 1. The summed E-state index contributed by atoms with van der Waals surface area (Å²) in [5.74, 6) is -1.69. The van der Waals surface area contributed by atoms with Crippen molar-refractivity contribution in [2.24, 2.45) is 0 Å². The number of phenolic OH excluding ortho intramolecular Hbond substituents is 1. The van der Waals surface area contributed by atoms with Gasteiger partial charge in [-0.3, -0.25) is 14.9 Å². The molecule has 0 fully saturated rings. The highest BCUT2D eigenvalue weighted by molar-refractivity contribution is 5.98. The quantitative estimate of drug-likeness (QED) is 0.158. The molecule has 4 rings (SSSR count). The molecule has 0 spiro atoms. The molecule has 40 heavy (non-hydrogen) atoms. The summed E-state index contributed by atoms with van der Waals surface area (Å²) in [5, 5.41) is 23.8. The summed E-state index contributed by atoms with van der Waals surface area (Å²) in [7, 11) is 1.16. The zero-order valence-electron chi connectivity index (χ0n) is 20.8. The fourth-order valence-corrected chi connectivity index (χ4v) is 4.00. The van der Waals surface area contributed by atoms with Crippen LogP contribution in [0.3, 0.4) is 0 Å². The number of carbonyl (C=O) groups excluding carboxylic acids is 2. The number of phenols is 1. The van der Waals surface area contributed by atoms with Crippen molar-refractivity contribution in [3.05, 3.63) is 118 Å². The molecule has 11 heteroatoms. The van der Waals surface area contributed by atoms with Crippen molar-refractivity contribution in [3.63, 3.8) is 0 Å². The number of hydrogen-bond acceptors (Lipinski definition) is 6. The van der Waals surface area contributed by atoms with E-state index in [4.69, 9.17) is 4.74 Å². The summed E-state index contributed by atoms with van der Waals surface area (Å²) < 4.78 is 43.6. The van der Waals surface area contributed by atoms with Crippen LogP contribution >= 0.6 is 0 Å². The Bertz CT molecular complexity index is 1550. The second-order valence-corrected chi connectivity index (χ2v) is 8.66. The van der Waals surface area contributed by atoms with Gasteiger partial charge in [-0.25, -0.2) is 4.79 Å². The third kappa shape index (κ3) is 6.09. The van der Waals surface area contributed by atoms with E-state index in [0.717, 1.165) is 19.2 Å². The number of halogens is 3. The SMILES string of the molecule is COC(=O)C(NC(=O)c1ccc(O)c(-c2ccc(C(F)(F)F)cc2)c1)c1ccc(-c2ccc([N+](=O)[O-])cc2)cc1. The first kappa shape index (κ1) is 27.8. The number of benzene rings is 4. The van der Waals surface area contributed by atoms with Crippen LogP contribution in [0.4, 0.5) is 18.9 Å². The predicted molar refractivity (Wildman–Crippen MR) is 139 cm³/mol. The van der Waals surface area contributed by atoms with Gasteiger partial charge in [0, 0.05) is 23.3 Å². The lowest BCUT2D eigenvalue weighted by Crippen LogP contribution is -2.34. The minimum atomic E-state index is -4.52. The first-order valence-corrected chi connectivity index (χ1v) is 11.7. The van der Waals surface area contributed by atoms with E-state index in [9.17, 15) is 38.0 Å². The van der Waals surface area contributed by atoms with Gasteiger partial charge in [0.05, 0.1) is 17.6 Å². The number of amides is 1. The van der Waals surface area contributed by atoms with Gasteiger partial charge in [0.2, 0.25) is 0 Å². The molecule has 0 aliphatic heterocycles. The van der Waals surface area contributed by atoms with E-state index >= 15 is 0 Å². The van der Waals surface area contributed by atoms with Crippen molar-refractivity contribution < 1.29 is 37.5 Å².